The molecule has 0 aliphatic carbocycles. The summed E-state index contributed by atoms with van der Waals surface area (Å²) in [5, 5.41) is 10.6. The van der Waals surface area contributed by atoms with E-state index in [0.29, 0.717) is 5.56 Å². The van der Waals surface area contributed by atoms with Crippen LogP contribution in [0.15, 0.2) is 15.7 Å². The molecule has 1 aliphatic rings. The maximum absolute atomic E-state index is 12.1. The van der Waals surface area contributed by atoms with Crippen molar-refractivity contribution < 1.29 is 13.5 Å². The zero-order valence-electron chi connectivity index (χ0n) is 10.3. The van der Waals surface area contributed by atoms with Crippen molar-refractivity contribution in [2.45, 2.75) is 29.7 Å². The molecule has 2 heterocycles. The molecule has 1 aromatic rings. The third kappa shape index (κ3) is 3.30. The van der Waals surface area contributed by atoms with Crippen LogP contribution < -0.4 is 4.72 Å². The molecular formula is C11H18N2O3S2. The maximum atomic E-state index is 12.1. The highest BCUT2D eigenvalue weighted by atomic mass is 32.2. The van der Waals surface area contributed by atoms with Gasteiger partial charge < -0.3 is 10.0 Å². The van der Waals surface area contributed by atoms with E-state index in [4.69, 9.17) is 5.11 Å². The molecule has 18 heavy (non-hydrogen) atoms. The average molecular weight is 290 g/mol. The highest BCUT2D eigenvalue weighted by Crippen LogP contribution is 2.21. The number of aliphatic hydroxyl groups excluding tert-OH is 1. The van der Waals surface area contributed by atoms with Crippen molar-refractivity contribution in [3.05, 3.63) is 17.0 Å². The second kappa shape index (κ2) is 5.66. The molecule has 5 nitrogen and oxygen atoms in total. The van der Waals surface area contributed by atoms with Gasteiger partial charge in [-0.1, -0.05) is 0 Å². The number of nitrogens with zero attached hydrogens (tertiary/aromatic N) is 1. The van der Waals surface area contributed by atoms with Crippen LogP contribution in [0.3, 0.4) is 0 Å². The first-order chi connectivity index (χ1) is 8.51. The second-order valence-corrected chi connectivity index (χ2v) is 7.51. The Morgan fingerprint density at radius 1 is 1.61 bits per heavy atom. The summed E-state index contributed by atoms with van der Waals surface area (Å²) in [4.78, 5) is 2.13. The number of sulfonamides is 1. The molecule has 1 aromatic heterocycles. The standard InChI is InChI=1S/C11H18N2O3S2/c1-13-4-2-3-10(6-13)12-18(15,16)11-5-9(7-14)8-17-11/h5,8,10,12,14H,2-4,6-7H2,1H3. The Balaban J connectivity index is 2.06. The van der Waals surface area contributed by atoms with Gasteiger partial charge in [0.15, 0.2) is 0 Å². The zero-order valence-corrected chi connectivity index (χ0v) is 11.9. The lowest BCUT2D eigenvalue weighted by Gasteiger charge is -2.29. The number of piperidine rings is 1. The molecule has 0 saturated carbocycles. The first-order valence-corrected chi connectivity index (χ1v) is 8.26. The van der Waals surface area contributed by atoms with Crippen molar-refractivity contribution in [3.63, 3.8) is 0 Å². The van der Waals surface area contributed by atoms with E-state index in [2.05, 4.69) is 9.62 Å². The smallest absolute Gasteiger partial charge is 0.250 e. The molecule has 0 radical (unpaired) electrons. The van der Waals surface area contributed by atoms with Crippen LogP contribution in [0.5, 0.6) is 0 Å². The first-order valence-electron chi connectivity index (χ1n) is 5.90. The van der Waals surface area contributed by atoms with Crippen molar-refractivity contribution in [1.29, 1.82) is 0 Å². The summed E-state index contributed by atoms with van der Waals surface area (Å²) in [6.07, 6.45) is 1.89. The molecule has 0 spiro atoms. The second-order valence-electron chi connectivity index (χ2n) is 4.65. The quantitative estimate of drug-likeness (QED) is 0.852. The molecular weight excluding hydrogens is 272 g/mol. The van der Waals surface area contributed by atoms with Crippen molar-refractivity contribution in [2.24, 2.45) is 0 Å². The lowest BCUT2D eigenvalue weighted by molar-refractivity contribution is 0.242. The van der Waals surface area contributed by atoms with E-state index >= 15 is 0 Å². The zero-order chi connectivity index (χ0) is 13.2. The molecule has 2 N–H and O–H groups in total. The van der Waals surface area contributed by atoms with Gasteiger partial charge in [0.25, 0.3) is 0 Å². The third-order valence-electron chi connectivity index (χ3n) is 3.02. The number of hydrogen-bond acceptors (Lipinski definition) is 5. The first kappa shape index (κ1) is 14.0. The highest BCUT2D eigenvalue weighted by molar-refractivity contribution is 7.91. The Bertz CT molecular complexity index is 498. The van der Waals surface area contributed by atoms with Gasteiger partial charge in [-0.25, -0.2) is 13.1 Å². The summed E-state index contributed by atoms with van der Waals surface area (Å²) < 4.78 is 27.3. The van der Waals surface area contributed by atoms with Gasteiger partial charge >= 0.3 is 0 Å². The van der Waals surface area contributed by atoms with E-state index in [-0.39, 0.29) is 16.9 Å². The topological polar surface area (TPSA) is 69.6 Å². The van der Waals surface area contributed by atoms with Gasteiger partial charge in [-0.2, -0.15) is 0 Å². The molecule has 7 heteroatoms. The molecule has 0 amide bonds. The highest BCUT2D eigenvalue weighted by Gasteiger charge is 2.24. The Labute approximate surface area is 111 Å². The molecule has 1 unspecified atom stereocenters. The minimum Gasteiger partial charge on any atom is -0.392 e. The minimum absolute atomic E-state index is 0.0200. The fraction of sp³-hybridized carbons (Fsp3) is 0.636. The Morgan fingerprint density at radius 2 is 2.39 bits per heavy atom. The molecule has 2 rings (SSSR count). The number of thiophene rings is 1. The molecule has 1 saturated heterocycles. The van der Waals surface area contributed by atoms with Gasteiger partial charge in [-0.15, -0.1) is 11.3 Å². The summed E-state index contributed by atoms with van der Waals surface area (Å²) in [6.45, 7) is 1.64. The van der Waals surface area contributed by atoms with E-state index in [0.717, 1.165) is 37.3 Å². The molecule has 1 aliphatic heterocycles. The molecule has 1 fully saturated rings. The summed E-state index contributed by atoms with van der Waals surface area (Å²) in [7, 11) is -1.45. The molecule has 0 aromatic carbocycles. The van der Waals surface area contributed by atoms with Gasteiger partial charge in [0, 0.05) is 12.6 Å². The van der Waals surface area contributed by atoms with Gasteiger partial charge in [-0.3, -0.25) is 0 Å². The SMILES string of the molecule is CN1CCCC(NS(=O)(=O)c2cc(CO)cs2)C1. The Kier molecular flexibility index (Phi) is 4.39. The van der Waals surface area contributed by atoms with Crippen molar-refractivity contribution >= 4 is 21.4 Å². The predicted molar refractivity (Wildman–Crippen MR) is 71.1 cm³/mol. The lowest BCUT2D eigenvalue weighted by Crippen LogP contribution is -2.46. The molecule has 1 atom stereocenters. The Morgan fingerprint density at radius 3 is 3.00 bits per heavy atom. The Hall–Kier alpha value is -0.470. The third-order valence-corrected chi connectivity index (χ3v) is 6.03. The largest absolute Gasteiger partial charge is 0.392 e. The van der Waals surface area contributed by atoms with E-state index in [1.54, 1.807) is 5.38 Å². The molecule has 102 valence electrons. The summed E-state index contributed by atoms with van der Waals surface area (Å²) in [6, 6.07) is 1.51. The number of nitrogens with one attached hydrogen (secondary N) is 1. The normalized spacial score (nSPS) is 22.2. The number of hydrogen-bond donors (Lipinski definition) is 2. The van der Waals surface area contributed by atoms with Crippen molar-refractivity contribution in [3.8, 4) is 0 Å². The van der Waals surface area contributed by atoms with Crippen LogP contribution >= 0.6 is 11.3 Å². The molecule has 0 bridgehead atoms. The number of rotatable bonds is 4. The fourth-order valence-electron chi connectivity index (χ4n) is 2.12. The van der Waals surface area contributed by atoms with Crippen LogP contribution in [-0.4, -0.2) is 44.6 Å². The monoisotopic (exact) mass is 290 g/mol. The number of aliphatic hydroxyl groups is 1. The van der Waals surface area contributed by atoms with E-state index in [1.165, 1.54) is 6.07 Å². The van der Waals surface area contributed by atoms with Crippen LogP contribution in [0.25, 0.3) is 0 Å². The van der Waals surface area contributed by atoms with Gasteiger partial charge in [0.2, 0.25) is 10.0 Å². The van der Waals surface area contributed by atoms with Crippen LogP contribution in [0.4, 0.5) is 0 Å². The van der Waals surface area contributed by atoms with Crippen LogP contribution in [0, 0.1) is 0 Å². The fourth-order valence-corrected chi connectivity index (χ4v) is 4.60. The number of likely N-dealkylation sites (tertiary alicyclic amines) is 1. The van der Waals surface area contributed by atoms with Crippen LogP contribution in [-0.2, 0) is 16.6 Å². The van der Waals surface area contributed by atoms with E-state index < -0.39 is 10.0 Å². The van der Waals surface area contributed by atoms with Crippen molar-refractivity contribution in [2.75, 3.05) is 20.1 Å². The summed E-state index contributed by atoms with van der Waals surface area (Å²) >= 11 is 1.15. The predicted octanol–water partition coefficient (Wildman–Crippen LogP) is 0.613. The number of likely N-dealkylation sites (N-methyl/N-ethyl adjacent to an activating group) is 1. The average Bonchev–Trinajstić information content (AvgIpc) is 2.77. The van der Waals surface area contributed by atoms with Gasteiger partial charge in [-0.05, 0) is 43.4 Å². The lowest BCUT2D eigenvalue weighted by atomic mass is 10.1. The maximum Gasteiger partial charge on any atom is 0.250 e. The van der Waals surface area contributed by atoms with Gasteiger partial charge in [0.05, 0.1) is 6.61 Å². The van der Waals surface area contributed by atoms with Crippen LogP contribution in [0.1, 0.15) is 18.4 Å². The van der Waals surface area contributed by atoms with Gasteiger partial charge in [0.1, 0.15) is 4.21 Å². The summed E-state index contributed by atoms with van der Waals surface area (Å²) in [5.74, 6) is 0. The minimum atomic E-state index is -3.44. The van der Waals surface area contributed by atoms with E-state index in [9.17, 15) is 8.42 Å². The van der Waals surface area contributed by atoms with E-state index in [1.807, 2.05) is 7.05 Å². The van der Waals surface area contributed by atoms with Crippen molar-refractivity contribution in [1.82, 2.24) is 9.62 Å². The van der Waals surface area contributed by atoms with Crippen LogP contribution in [0.2, 0.25) is 0 Å². The summed E-state index contributed by atoms with van der Waals surface area (Å²) in [5.41, 5.74) is 0.640.